The molecule has 0 spiro atoms. The van der Waals surface area contributed by atoms with E-state index in [1.807, 2.05) is 0 Å². The number of nitrogens with one attached hydrogen (secondary N) is 1. The molecule has 1 N–H and O–H groups in total. The van der Waals surface area contributed by atoms with Gasteiger partial charge in [-0.2, -0.15) is 0 Å². The van der Waals surface area contributed by atoms with E-state index < -0.39 is 0 Å². The zero-order valence-electron chi connectivity index (χ0n) is 12.5. The third-order valence-electron chi connectivity index (χ3n) is 4.88. The van der Waals surface area contributed by atoms with Crippen molar-refractivity contribution in [3.8, 4) is 0 Å². The highest BCUT2D eigenvalue weighted by atomic mass is 14.8. The van der Waals surface area contributed by atoms with E-state index in [-0.39, 0.29) is 0 Å². The summed E-state index contributed by atoms with van der Waals surface area (Å²) < 4.78 is 0. The van der Waals surface area contributed by atoms with Crippen LogP contribution in [0.2, 0.25) is 0 Å². The highest BCUT2D eigenvalue weighted by Crippen LogP contribution is 2.46. The van der Waals surface area contributed by atoms with E-state index in [1.54, 1.807) is 5.56 Å². The molecular formula is C19H25N. The van der Waals surface area contributed by atoms with Gasteiger partial charge >= 0.3 is 0 Å². The zero-order chi connectivity index (χ0) is 13.8. The van der Waals surface area contributed by atoms with E-state index >= 15 is 0 Å². The minimum Gasteiger partial charge on any atom is -0.317 e. The van der Waals surface area contributed by atoms with Crippen LogP contribution in [0.1, 0.15) is 44.6 Å². The van der Waals surface area contributed by atoms with Crippen LogP contribution in [0, 0.1) is 0 Å². The summed E-state index contributed by atoms with van der Waals surface area (Å²) in [4.78, 5) is 0. The van der Waals surface area contributed by atoms with Crippen molar-refractivity contribution in [2.24, 2.45) is 0 Å². The summed E-state index contributed by atoms with van der Waals surface area (Å²) >= 11 is 0. The van der Waals surface area contributed by atoms with Gasteiger partial charge < -0.3 is 5.32 Å². The normalized spacial score (nSPS) is 17.1. The van der Waals surface area contributed by atoms with Gasteiger partial charge in [-0.25, -0.2) is 0 Å². The molecule has 1 fully saturated rings. The van der Waals surface area contributed by atoms with Gasteiger partial charge in [-0.1, -0.05) is 55.8 Å². The number of benzene rings is 2. The Bertz CT molecular complexity index is 569. The molecule has 0 bridgehead atoms. The van der Waals surface area contributed by atoms with Crippen molar-refractivity contribution in [2.45, 2.75) is 44.4 Å². The third-order valence-corrected chi connectivity index (χ3v) is 4.88. The van der Waals surface area contributed by atoms with E-state index in [9.17, 15) is 0 Å². The van der Waals surface area contributed by atoms with Crippen LogP contribution in [0.25, 0.3) is 10.8 Å². The Hall–Kier alpha value is -1.34. The zero-order valence-corrected chi connectivity index (χ0v) is 12.5. The van der Waals surface area contributed by atoms with Crippen molar-refractivity contribution < 1.29 is 0 Å². The molecule has 0 amide bonds. The van der Waals surface area contributed by atoms with Crippen LogP contribution in [0.5, 0.6) is 0 Å². The molecule has 3 rings (SSSR count). The van der Waals surface area contributed by atoms with Gasteiger partial charge in [-0.05, 0) is 60.5 Å². The maximum atomic E-state index is 3.57. The summed E-state index contributed by atoms with van der Waals surface area (Å²) in [5.41, 5.74) is 2.01. The summed E-state index contributed by atoms with van der Waals surface area (Å²) in [6, 6.07) is 15.8. The lowest BCUT2D eigenvalue weighted by Crippen LogP contribution is -2.37. The molecule has 1 aliphatic carbocycles. The van der Waals surface area contributed by atoms with Crippen molar-refractivity contribution in [3.05, 3.63) is 48.0 Å². The quantitative estimate of drug-likeness (QED) is 0.751. The molecule has 0 heterocycles. The van der Waals surface area contributed by atoms with Crippen LogP contribution in [0.4, 0.5) is 0 Å². The summed E-state index contributed by atoms with van der Waals surface area (Å²) in [5.74, 6) is 0. The largest absolute Gasteiger partial charge is 0.317 e. The molecular weight excluding hydrogens is 242 g/mol. The summed E-state index contributed by atoms with van der Waals surface area (Å²) in [6.07, 6.45) is 6.62. The van der Waals surface area contributed by atoms with Crippen LogP contribution < -0.4 is 5.32 Å². The molecule has 2 aromatic carbocycles. The molecule has 1 heteroatoms. The fourth-order valence-electron chi connectivity index (χ4n) is 3.44. The van der Waals surface area contributed by atoms with E-state index in [0.717, 1.165) is 13.1 Å². The van der Waals surface area contributed by atoms with Crippen molar-refractivity contribution >= 4 is 10.8 Å². The number of hydrogen-bond donors (Lipinski definition) is 1. The Kier molecular flexibility index (Phi) is 4.07. The highest BCUT2D eigenvalue weighted by molar-refractivity contribution is 5.83. The van der Waals surface area contributed by atoms with Gasteiger partial charge in [-0.3, -0.25) is 0 Å². The van der Waals surface area contributed by atoms with Crippen LogP contribution in [0.15, 0.2) is 42.5 Å². The molecule has 0 radical (unpaired) electrons. The fraction of sp³-hybridized carbons (Fsp3) is 0.474. The standard InChI is InChI=1S/C19H25N/c1-2-13-20-14-12-19(10-5-11-19)18-9-8-16-6-3-4-7-17(16)15-18/h3-4,6-9,15,20H,2,5,10-14H2,1H3. The first-order valence-corrected chi connectivity index (χ1v) is 8.04. The van der Waals surface area contributed by atoms with Gasteiger partial charge in [0.1, 0.15) is 0 Å². The van der Waals surface area contributed by atoms with E-state index in [1.165, 1.54) is 42.9 Å². The van der Waals surface area contributed by atoms with Crippen molar-refractivity contribution in [3.63, 3.8) is 0 Å². The lowest BCUT2D eigenvalue weighted by molar-refractivity contribution is 0.224. The van der Waals surface area contributed by atoms with Gasteiger partial charge in [0.2, 0.25) is 0 Å². The molecule has 1 nitrogen and oxygen atoms in total. The van der Waals surface area contributed by atoms with Gasteiger partial charge in [-0.15, -0.1) is 0 Å². The Morgan fingerprint density at radius 2 is 1.80 bits per heavy atom. The lowest BCUT2D eigenvalue weighted by atomic mass is 9.62. The first kappa shape index (κ1) is 13.6. The van der Waals surface area contributed by atoms with Crippen molar-refractivity contribution in [1.82, 2.24) is 5.32 Å². The SMILES string of the molecule is CCCNCCC1(c2ccc3ccccc3c2)CCC1. The Balaban J connectivity index is 1.79. The van der Waals surface area contributed by atoms with Crippen LogP contribution in [-0.2, 0) is 5.41 Å². The lowest BCUT2D eigenvalue weighted by Gasteiger charge is -2.43. The molecule has 0 unspecified atom stereocenters. The fourth-order valence-corrected chi connectivity index (χ4v) is 3.44. The maximum Gasteiger partial charge on any atom is -0.00347 e. The molecule has 1 saturated carbocycles. The number of fused-ring (bicyclic) bond motifs is 1. The van der Waals surface area contributed by atoms with Gasteiger partial charge in [0.15, 0.2) is 0 Å². The Labute approximate surface area is 122 Å². The van der Waals surface area contributed by atoms with Crippen LogP contribution >= 0.6 is 0 Å². The predicted molar refractivity (Wildman–Crippen MR) is 87.3 cm³/mol. The van der Waals surface area contributed by atoms with Gasteiger partial charge in [0.05, 0.1) is 0 Å². The average molecular weight is 267 g/mol. The Morgan fingerprint density at radius 1 is 1.00 bits per heavy atom. The van der Waals surface area contributed by atoms with Crippen LogP contribution in [-0.4, -0.2) is 13.1 Å². The maximum absolute atomic E-state index is 3.57. The second kappa shape index (κ2) is 5.97. The van der Waals surface area contributed by atoms with Crippen LogP contribution in [0.3, 0.4) is 0 Å². The summed E-state index contributed by atoms with van der Waals surface area (Å²) in [6.45, 7) is 4.53. The van der Waals surface area contributed by atoms with Crippen molar-refractivity contribution in [2.75, 3.05) is 13.1 Å². The molecule has 0 aliphatic heterocycles. The van der Waals surface area contributed by atoms with Gasteiger partial charge in [0.25, 0.3) is 0 Å². The topological polar surface area (TPSA) is 12.0 Å². The minimum atomic E-state index is 0.449. The number of hydrogen-bond acceptors (Lipinski definition) is 1. The van der Waals surface area contributed by atoms with Gasteiger partial charge in [0, 0.05) is 0 Å². The second-order valence-corrected chi connectivity index (χ2v) is 6.20. The average Bonchev–Trinajstić information content (AvgIpc) is 2.45. The Morgan fingerprint density at radius 3 is 2.50 bits per heavy atom. The first-order chi connectivity index (χ1) is 9.84. The molecule has 1 aliphatic rings. The predicted octanol–water partition coefficient (Wildman–Crippen LogP) is 4.65. The first-order valence-electron chi connectivity index (χ1n) is 8.04. The second-order valence-electron chi connectivity index (χ2n) is 6.20. The minimum absolute atomic E-state index is 0.449. The van der Waals surface area contributed by atoms with Crippen molar-refractivity contribution in [1.29, 1.82) is 0 Å². The molecule has 20 heavy (non-hydrogen) atoms. The number of rotatable bonds is 6. The highest BCUT2D eigenvalue weighted by Gasteiger charge is 2.37. The molecule has 106 valence electrons. The van der Waals surface area contributed by atoms with E-state index in [0.29, 0.717) is 5.41 Å². The third kappa shape index (κ3) is 2.60. The smallest absolute Gasteiger partial charge is 0.00347 e. The summed E-state index contributed by atoms with van der Waals surface area (Å²) in [7, 11) is 0. The van der Waals surface area contributed by atoms with E-state index in [4.69, 9.17) is 0 Å². The van der Waals surface area contributed by atoms with E-state index in [2.05, 4.69) is 54.7 Å². The monoisotopic (exact) mass is 267 g/mol. The molecule has 0 saturated heterocycles. The molecule has 0 aromatic heterocycles. The molecule has 0 atom stereocenters. The molecule has 2 aromatic rings. The summed E-state index contributed by atoms with van der Waals surface area (Å²) in [5, 5.41) is 6.31.